The van der Waals surface area contributed by atoms with Crippen LogP contribution >= 0.6 is 0 Å². The van der Waals surface area contributed by atoms with Crippen LogP contribution in [0.25, 0.3) is 0 Å². The molecule has 2 aliphatic rings. The van der Waals surface area contributed by atoms with E-state index in [-0.39, 0.29) is 11.8 Å². The molecular formula is C14H26N2O. The zero-order valence-corrected chi connectivity index (χ0v) is 11.2. The number of carbonyl (C=O) groups excluding carboxylic acids is 1. The van der Waals surface area contributed by atoms with E-state index in [1.807, 2.05) is 0 Å². The van der Waals surface area contributed by atoms with E-state index in [0.29, 0.717) is 11.5 Å². The van der Waals surface area contributed by atoms with E-state index < -0.39 is 0 Å². The lowest BCUT2D eigenvalue weighted by atomic mass is 9.75. The molecule has 0 spiro atoms. The fourth-order valence-corrected chi connectivity index (χ4v) is 2.94. The lowest BCUT2D eigenvalue weighted by Crippen LogP contribution is -2.46. The van der Waals surface area contributed by atoms with E-state index in [1.54, 1.807) is 0 Å². The summed E-state index contributed by atoms with van der Waals surface area (Å²) in [6, 6.07) is 0.428. The Balaban J connectivity index is 1.75. The molecule has 2 fully saturated rings. The number of hydrogen-bond acceptors (Lipinski definition) is 2. The third kappa shape index (κ3) is 3.70. The Hall–Kier alpha value is -0.570. The highest BCUT2D eigenvalue weighted by Crippen LogP contribution is 2.35. The lowest BCUT2D eigenvalue weighted by molar-refractivity contribution is -0.126. The summed E-state index contributed by atoms with van der Waals surface area (Å²) in [5, 5.41) is 6.55. The highest BCUT2D eigenvalue weighted by molar-refractivity contribution is 5.79. The molecule has 1 saturated carbocycles. The van der Waals surface area contributed by atoms with Crippen LogP contribution < -0.4 is 10.6 Å². The fraction of sp³-hybridized carbons (Fsp3) is 0.929. The van der Waals surface area contributed by atoms with Crippen LogP contribution in [0.4, 0.5) is 0 Å². The quantitative estimate of drug-likeness (QED) is 0.773. The van der Waals surface area contributed by atoms with Gasteiger partial charge in [-0.3, -0.25) is 4.79 Å². The summed E-state index contributed by atoms with van der Waals surface area (Å²) in [7, 11) is 0. The summed E-state index contributed by atoms with van der Waals surface area (Å²) in [5.41, 5.74) is 0.480. The molecule has 98 valence electrons. The Morgan fingerprint density at radius 3 is 2.53 bits per heavy atom. The van der Waals surface area contributed by atoms with Crippen LogP contribution in [0.5, 0.6) is 0 Å². The average Bonchev–Trinajstić information content (AvgIpc) is 2.33. The summed E-state index contributed by atoms with van der Waals surface area (Å²) >= 11 is 0. The van der Waals surface area contributed by atoms with Gasteiger partial charge in [0.05, 0.1) is 5.92 Å². The van der Waals surface area contributed by atoms with E-state index in [9.17, 15) is 4.79 Å². The van der Waals surface area contributed by atoms with E-state index in [4.69, 9.17) is 0 Å². The van der Waals surface area contributed by atoms with Gasteiger partial charge in [0.2, 0.25) is 5.91 Å². The smallest absolute Gasteiger partial charge is 0.224 e. The molecule has 0 unspecified atom stereocenters. The van der Waals surface area contributed by atoms with Crippen molar-refractivity contribution in [3.63, 3.8) is 0 Å². The summed E-state index contributed by atoms with van der Waals surface area (Å²) in [6.07, 6.45) is 6.96. The molecule has 1 heterocycles. The molecule has 0 aromatic rings. The Morgan fingerprint density at radius 2 is 1.94 bits per heavy atom. The Morgan fingerprint density at radius 1 is 1.24 bits per heavy atom. The van der Waals surface area contributed by atoms with Gasteiger partial charge in [0.25, 0.3) is 0 Å². The van der Waals surface area contributed by atoms with E-state index in [1.165, 1.54) is 12.8 Å². The third-order valence-corrected chi connectivity index (χ3v) is 4.35. The van der Waals surface area contributed by atoms with Gasteiger partial charge in [0, 0.05) is 12.6 Å². The van der Waals surface area contributed by atoms with Crippen molar-refractivity contribution in [2.75, 3.05) is 13.1 Å². The topological polar surface area (TPSA) is 41.1 Å². The highest BCUT2D eigenvalue weighted by Gasteiger charge is 2.29. The van der Waals surface area contributed by atoms with Crippen molar-refractivity contribution in [3.05, 3.63) is 0 Å². The molecule has 2 rings (SSSR count). The number of nitrogens with one attached hydrogen (secondary N) is 2. The zero-order chi connectivity index (χ0) is 12.3. The maximum Gasteiger partial charge on any atom is 0.224 e. The first-order valence-electron chi connectivity index (χ1n) is 7.08. The van der Waals surface area contributed by atoms with E-state index >= 15 is 0 Å². The maximum atomic E-state index is 12.1. The normalized spacial score (nSPS) is 29.9. The Bertz CT molecular complexity index is 259. The first kappa shape index (κ1) is 12.9. The first-order valence-corrected chi connectivity index (χ1v) is 7.08. The summed E-state index contributed by atoms with van der Waals surface area (Å²) in [5.74, 6) is 0.487. The van der Waals surface area contributed by atoms with Crippen LogP contribution in [0.2, 0.25) is 0 Å². The molecule has 0 aromatic carbocycles. The van der Waals surface area contributed by atoms with Gasteiger partial charge in [0.15, 0.2) is 0 Å². The molecule has 1 amide bonds. The second-order valence-corrected chi connectivity index (χ2v) is 6.49. The van der Waals surface area contributed by atoms with Crippen molar-refractivity contribution in [1.29, 1.82) is 0 Å². The van der Waals surface area contributed by atoms with Crippen LogP contribution in [0, 0.1) is 11.3 Å². The second-order valence-electron chi connectivity index (χ2n) is 6.49. The van der Waals surface area contributed by atoms with Crippen molar-refractivity contribution in [2.24, 2.45) is 11.3 Å². The summed E-state index contributed by atoms with van der Waals surface area (Å²) in [6.45, 7) is 6.59. The molecular weight excluding hydrogens is 212 g/mol. The van der Waals surface area contributed by atoms with Gasteiger partial charge < -0.3 is 10.6 Å². The largest absolute Gasteiger partial charge is 0.353 e. The zero-order valence-electron chi connectivity index (χ0n) is 11.2. The van der Waals surface area contributed by atoms with Crippen LogP contribution in [-0.2, 0) is 4.79 Å². The van der Waals surface area contributed by atoms with Gasteiger partial charge in [-0.15, -0.1) is 0 Å². The molecule has 3 nitrogen and oxygen atoms in total. The number of carbonyl (C=O) groups is 1. The predicted molar refractivity (Wildman–Crippen MR) is 69.8 cm³/mol. The van der Waals surface area contributed by atoms with Crippen molar-refractivity contribution < 1.29 is 4.79 Å². The highest BCUT2D eigenvalue weighted by atomic mass is 16.2. The molecule has 1 saturated heterocycles. The van der Waals surface area contributed by atoms with Gasteiger partial charge in [-0.2, -0.15) is 0 Å². The minimum atomic E-state index is 0.207. The number of piperidine rings is 1. The fourth-order valence-electron chi connectivity index (χ4n) is 2.94. The van der Waals surface area contributed by atoms with Crippen LogP contribution in [-0.4, -0.2) is 25.0 Å². The van der Waals surface area contributed by atoms with Crippen LogP contribution in [0.3, 0.4) is 0 Å². The Labute approximate surface area is 105 Å². The molecule has 0 aromatic heterocycles. The maximum absolute atomic E-state index is 12.1. The van der Waals surface area contributed by atoms with Gasteiger partial charge in [0.1, 0.15) is 0 Å². The van der Waals surface area contributed by atoms with E-state index in [0.717, 1.165) is 38.8 Å². The SMILES string of the molecule is CC1(C)CCC(NC(=O)[C@H]2CCCNC2)CC1. The third-order valence-electron chi connectivity index (χ3n) is 4.35. The molecule has 3 heteroatoms. The van der Waals surface area contributed by atoms with Gasteiger partial charge in [-0.25, -0.2) is 0 Å². The Kier molecular flexibility index (Phi) is 4.08. The minimum absolute atomic E-state index is 0.207. The first-order chi connectivity index (χ1) is 8.07. The molecule has 1 atom stereocenters. The number of amides is 1. The molecule has 1 aliphatic carbocycles. The number of rotatable bonds is 2. The van der Waals surface area contributed by atoms with Gasteiger partial charge in [-0.05, 0) is 50.5 Å². The van der Waals surface area contributed by atoms with Crippen LogP contribution in [0.15, 0.2) is 0 Å². The van der Waals surface area contributed by atoms with Crippen LogP contribution in [0.1, 0.15) is 52.4 Å². The molecule has 1 aliphatic heterocycles. The van der Waals surface area contributed by atoms with Crippen molar-refractivity contribution >= 4 is 5.91 Å². The van der Waals surface area contributed by atoms with Crippen molar-refractivity contribution in [1.82, 2.24) is 10.6 Å². The second kappa shape index (κ2) is 5.38. The van der Waals surface area contributed by atoms with Gasteiger partial charge >= 0.3 is 0 Å². The van der Waals surface area contributed by atoms with Crippen molar-refractivity contribution in [2.45, 2.75) is 58.4 Å². The standard InChI is InChI=1S/C14H26N2O/c1-14(2)7-5-12(6-8-14)16-13(17)11-4-3-9-15-10-11/h11-12,15H,3-10H2,1-2H3,(H,16,17)/t11-/m0/s1. The van der Waals surface area contributed by atoms with Gasteiger partial charge in [-0.1, -0.05) is 13.8 Å². The minimum Gasteiger partial charge on any atom is -0.353 e. The number of hydrogen-bond donors (Lipinski definition) is 2. The predicted octanol–water partition coefficient (Wildman–Crippen LogP) is 2.07. The molecule has 17 heavy (non-hydrogen) atoms. The molecule has 2 N–H and O–H groups in total. The average molecular weight is 238 g/mol. The molecule has 0 bridgehead atoms. The van der Waals surface area contributed by atoms with E-state index in [2.05, 4.69) is 24.5 Å². The molecule has 0 radical (unpaired) electrons. The lowest BCUT2D eigenvalue weighted by Gasteiger charge is -2.35. The summed E-state index contributed by atoms with van der Waals surface area (Å²) in [4.78, 5) is 12.1. The summed E-state index contributed by atoms with van der Waals surface area (Å²) < 4.78 is 0. The van der Waals surface area contributed by atoms with Crippen molar-refractivity contribution in [3.8, 4) is 0 Å². The monoisotopic (exact) mass is 238 g/mol.